The van der Waals surface area contributed by atoms with Gasteiger partial charge in [-0.05, 0) is 72.7 Å². The standard InChI is InChI=1S/C26H25ClN2O4S/c1-34(32,33)21-10-5-9-19(14-21)26(31)29-24-13-12-20(16-23(24)27)28-25(30)15-18-8-4-7-17-6-2-3-11-22(17)18/h2-3,5-6,9-14,16,18H,4,7-8,15H2,1H3,(H,28,30)(H,29,31). The Morgan fingerprint density at radius 2 is 1.79 bits per heavy atom. The summed E-state index contributed by atoms with van der Waals surface area (Å²) in [5, 5.41) is 5.84. The van der Waals surface area contributed by atoms with Crippen molar-refractivity contribution >= 4 is 44.6 Å². The van der Waals surface area contributed by atoms with Crippen LogP contribution in [-0.4, -0.2) is 26.5 Å². The predicted octanol–water partition coefficient (Wildman–Crippen LogP) is 5.44. The number of hydrogen-bond donors (Lipinski definition) is 2. The SMILES string of the molecule is CS(=O)(=O)c1cccc(C(=O)Nc2ccc(NC(=O)CC3CCCc4ccccc43)cc2Cl)c1. The zero-order chi connectivity index (χ0) is 24.3. The molecule has 0 heterocycles. The number of benzene rings is 3. The highest BCUT2D eigenvalue weighted by molar-refractivity contribution is 7.90. The van der Waals surface area contributed by atoms with E-state index in [-0.39, 0.29) is 27.3 Å². The first kappa shape index (κ1) is 24.0. The lowest BCUT2D eigenvalue weighted by Gasteiger charge is -2.25. The van der Waals surface area contributed by atoms with Gasteiger partial charge in [0.15, 0.2) is 9.84 Å². The molecule has 1 aliphatic carbocycles. The summed E-state index contributed by atoms with van der Waals surface area (Å²) in [7, 11) is -3.43. The fraction of sp³-hybridized carbons (Fsp3) is 0.231. The van der Waals surface area contributed by atoms with Crippen molar-refractivity contribution in [3.05, 3.63) is 88.4 Å². The number of amides is 2. The van der Waals surface area contributed by atoms with Crippen LogP contribution in [0.5, 0.6) is 0 Å². The van der Waals surface area contributed by atoms with Gasteiger partial charge in [-0.3, -0.25) is 9.59 Å². The number of carbonyl (C=O) groups excluding carboxylic acids is 2. The van der Waals surface area contributed by atoms with Crippen LogP contribution in [0, 0.1) is 0 Å². The first-order valence-electron chi connectivity index (χ1n) is 11.0. The van der Waals surface area contributed by atoms with Crippen LogP contribution in [0.2, 0.25) is 5.02 Å². The lowest BCUT2D eigenvalue weighted by Crippen LogP contribution is -2.19. The van der Waals surface area contributed by atoms with Crippen molar-refractivity contribution in [3.63, 3.8) is 0 Å². The molecule has 3 aromatic rings. The molecule has 1 unspecified atom stereocenters. The smallest absolute Gasteiger partial charge is 0.255 e. The third-order valence-electron chi connectivity index (χ3n) is 5.95. The molecular formula is C26H25ClN2O4S. The van der Waals surface area contributed by atoms with Gasteiger partial charge in [0, 0.05) is 23.9 Å². The van der Waals surface area contributed by atoms with Gasteiger partial charge in [0.05, 0.1) is 15.6 Å². The van der Waals surface area contributed by atoms with E-state index >= 15 is 0 Å². The van der Waals surface area contributed by atoms with Gasteiger partial charge >= 0.3 is 0 Å². The predicted molar refractivity (Wildman–Crippen MR) is 134 cm³/mol. The van der Waals surface area contributed by atoms with Gasteiger partial charge in [-0.25, -0.2) is 8.42 Å². The van der Waals surface area contributed by atoms with E-state index in [0.29, 0.717) is 17.8 Å². The van der Waals surface area contributed by atoms with Crippen molar-refractivity contribution in [2.75, 3.05) is 16.9 Å². The Morgan fingerprint density at radius 3 is 2.56 bits per heavy atom. The summed E-state index contributed by atoms with van der Waals surface area (Å²) < 4.78 is 23.5. The lowest BCUT2D eigenvalue weighted by molar-refractivity contribution is -0.116. The number of hydrogen-bond acceptors (Lipinski definition) is 4. The Hall–Kier alpha value is -3.16. The molecule has 1 aliphatic rings. The largest absolute Gasteiger partial charge is 0.326 e. The van der Waals surface area contributed by atoms with Crippen LogP contribution in [0.25, 0.3) is 0 Å². The minimum Gasteiger partial charge on any atom is -0.326 e. The van der Waals surface area contributed by atoms with Crippen molar-refractivity contribution in [1.29, 1.82) is 0 Å². The molecule has 0 aliphatic heterocycles. The maximum Gasteiger partial charge on any atom is 0.255 e. The number of rotatable bonds is 6. The van der Waals surface area contributed by atoms with Crippen molar-refractivity contribution in [1.82, 2.24) is 0 Å². The minimum absolute atomic E-state index is 0.0601. The van der Waals surface area contributed by atoms with Crippen LogP contribution < -0.4 is 10.6 Å². The molecule has 0 aromatic heterocycles. The summed E-state index contributed by atoms with van der Waals surface area (Å²) in [5.74, 6) is -0.381. The summed E-state index contributed by atoms with van der Waals surface area (Å²) in [4.78, 5) is 25.3. The van der Waals surface area contributed by atoms with Crippen LogP contribution in [0.3, 0.4) is 0 Å². The molecule has 1 atom stereocenters. The molecule has 3 aromatic carbocycles. The molecule has 2 amide bonds. The summed E-state index contributed by atoms with van der Waals surface area (Å²) in [6.45, 7) is 0. The number of anilines is 2. The Bertz CT molecular complexity index is 1350. The summed E-state index contributed by atoms with van der Waals surface area (Å²) in [6.07, 6.45) is 4.58. The zero-order valence-corrected chi connectivity index (χ0v) is 20.2. The van der Waals surface area contributed by atoms with Crippen molar-refractivity contribution in [2.24, 2.45) is 0 Å². The van der Waals surface area contributed by atoms with Crippen molar-refractivity contribution < 1.29 is 18.0 Å². The summed E-state index contributed by atoms with van der Waals surface area (Å²) in [6, 6.07) is 18.9. The molecule has 34 heavy (non-hydrogen) atoms. The number of halogens is 1. The minimum atomic E-state index is -3.43. The highest BCUT2D eigenvalue weighted by Gasteiger charge is 2.22. The van der Waals surface area contributed by atoms with E-state index in [2.05, 4.69) is 22.8 Å². The Labute approximate surface area is 204 Å². The van der Waals surface area contributed by atoms with Gasteiger partial charge in [-0.1, -0.05) is 41.9 Å². The molecule has 0 saturated carbocycles. The first-order chi connectivity index (χ1) is 16.2. The zero-order valence-electron chi connectivity index (χ0n) is 18.7. The van der Waals surface area contributed by atoms with Gasteiger partial charge in [0.1, 0.15) is 0 Å². The Morgan fingerprint density at radius 1 is 1.00 bits per heavy atom. The third-order valence-corrected chi connectivity index (χ3v) is 7.37. The maximum absolute atomic E-state index is 12.7. The van der Waals surface area contributed by atoms with E-state index in [1.165, 1.54) is 35.4 Å². The maximum atomic E-state index is 12.7. The molecule has 8 heteroatoms. The number of fused-ring (bicyclic) bond motifs is 1. The number of sulfone groups is 1. The lowest BCUT2D eigenvalue weighted by atomic mass is 9.81. The third kappa shape index (κ3) is 5.66. The number of carbonyl (C=O) groups is 2. The van der Waals surface area contributed by atoms with E-state index in [9.17, 15) is 18.0 Å². The van der Waals surface area contributed by atoms with E-state index in [1.807, 2.05) is 12.1 Å². The van der Waals surface area contributed by atoms with Crippen LogP contribution in [0.4, 0.5) is 11.4 Å². The highest BCUT2D eigenvalue weighted by atomic mass is 35.5. The van der Waals surface area contributed by atoms with Crippen LogP contribution in [0.15, 0.2) is 71.6 Å². The summed E-state index contributed by atoms with van der Waals surface area (Å²) >= 11 is 6.35. The molecule has 6 nitrogen and oxygen atoms in total. The van der Waals surface area contributed by atoms with Crippen LogP contribution in [0.1, 0.15) is 46.7 Å². The van der Waals surface area contributed by atoms with E-state index in [1.54, 1.807) is 18.2 Å². The monoisotopic (exact) mass is 496 g/mol. The molecule has 2 N–H and O–H groups in total. The molecular weight excluding hydrogens is 472 g/mol. The van der Waals surface area contributed by atoms with Gasteiger partial charge in [-0.15, -0.1) is 0 Å². The van der Waals surface area contributed by atoms with Crippen molar-refractivity contribution in [3.8, 4) is 0 Å². The van der Waals surface area contributed by atoms with Crippen LogP contribution >= 0.6 is 11.6 Å². The number of nitrogens with one attached hydrogen (secondary N) is 2. The summed E-state index contributed by atoms with van der Waals surface area (Å²) in [5.41, 5.74) is 3.66. The molecule has 0 fully saturated rings. The van der Waals surface area contributed by atoms with Gasteiger partial charge < -0.3 is 10.6 Å². The second-order valence-corrected chi connectivity index (χ2v) is 10.9. The van der Waals surface area contributed by atoms with Gasteiger partial charge in [0.2, 0.25) is 5.91 Å². The van der Waals surface area contributed by atoms with Gasteiger partial charge in [-0.2, -0.15) is 0 Å². The van der Waals surface area contributed by atoms with Crippen LogP contribution in [-0.2, 0) is 21.1 Å². The molecule has 0 bridgehead atoms. The fourth-order valence-corrected chi connectivity index (χ4v) is 5.15. The van der Waals surface area contributed by atoms with E-state index in [4.69, 9.17) is 11.6 Å². The van der Waals surface area contributed by atoms with E-state index in [0.717, 1.165) is 25.5 Å². The van der Waals surface area contributed by atoms with Crippen molar-refractivity contribution in [2.45, 2.75) is 36.5 Å². The highest BCUT2D eigenvalue weighted by Crippen LogP contribution is 2.34. The Balaban J connectivity index is 1.41. The normalized spacial score (nSPS) is 15.3. The molecule has 0 radical (unpaired) electrons. The second kappa shape index (κ2) is 9.99. The average molecular weight is 497 g/mol. The molecule has 176 valence electrons. The first-order valence-corrected chi connectivity index (χ1v) is 13.3. The van der Waals surface area contributed by atoms with Gasteiger partial charge in [0.25, 0.3) is 5.91 Å². The quantitative estimate of drug-likeness (QED) is 0.475. The fourth-order valence-electron chi connectivity index (χ4n) is 4.26. The molecule has 0 saturated heterocycles. The average Bonchev–Trinajstić information content (AvgIpc) is 2.80. The van der Waals surface area contributed by atoms with E-state index < -0.39 is 15.7 Å². The Kier molecular flexibility index (Phi) is 7.05. The molecule has 0 spiro atoms. The topological polar surface area (TPSA) is 92.3 Å². The number of aryl methyl sites for hydroxylation is 1. The molecule has 4 rings (SSSR count). The second-order valence-electron chi connectivity index (χ2n) is 8.49.